The lowest BCUT2D eigenvalue weighted by atomic mass is 10.3. The van der Waals surface area contributed by atoms with Crippen molar-refractivity contribution in [1.29, 1.82) is 0 Å². The van der Waals surface area contributed by atoms with Crippen molar-refractivity contribution < 1.29 is 9.59 Å². The SMILES string of the molecule is CC(NC(=O)Cn1cc(N)cn1)C(=O)NC1CC1. The monoisotopic (exact) mass is 251 g/mol. The van der Waals surface area contributed by atoms with Crippen LogP contribution in [-0.4, -0.2) is 33.7 Å². The van der Waals surface area contributed by atoms with Gasteiger partial charge in [-0.3, -0.25) is 14.3 Å². The molecule has 1 unspecified atom stereocenters. The first-order chi connectivity index (χ1) is 8.54. The summed E-state index contributed by atoms with van der Waals surface area (Å²) in [6.07, 6.45) is 5.09. The number of carbonyl (C=O) groups is 2. The molecule has 1 aliphatic carbocycles. The van der Waals surface area contributed by atoms with Gasteiger partial charge in [0.25, 0.3) is 0 Å². The number of aromatic nitrogens is 2. The molecule has 0 saturated heterocycles. The maximum Gasteiger partial charge on any atom is 0.242 e. The highest BCUT2D eigenvalue weighted by molar-refractivity contribution is 5.87. The van der Waals surface area contributed by atoms with E-state index in [-0.39, 0.29) is 18.4 Å². The number of nitrogens with one attached hydrogen (secondary N) is 2. The summed E-state index contributed by atoms with van der Waals surface area (Å²) in [4.78, 5) is 23.3. The Morgan fingerprint density at radius 3 is 2.89 bits per heavy atom. The fraction of sp³-hybridized carbons (Fsp3) is 0.545. The maximum absolute atomic E-state index is 11.6. The summed E-state index contributed by atoms with van der Waals surface area (Å²) in [6.45, 7) is 1.71. The van der Waals surface area contributed by atoms with Gasteiger partial charge in [0.1, 0.15) is 12.6 Å². The van der Waals surface area contributed by atoms with E-state index in [9.17, 15) is 9.59 Å². The third-order valence-corrected chi connectivity index (χ3v) is 2.65. The molecular formula is C11H17N5O2. The summed E-state index contributed by atoms with van der Waals surface area (Å²) in [7, 11) is 0. The Morgan fingerprint density at radius 2 is 2.33 bits per heavy atom. The van der Waals surface area contributed by atoms with Gasteiger partial charge in [-0.25, -0.2) is 0 Å². The minimum Gasteiger partial charge on any atom is -0.396 e. The Kier molecular flexibility index (Phi) is 3.50. The first kappa shape index (κ1) is 12.4. The van der Waals surface area contributed by atoms with E-state index in [4.69, 9.17) is 5.73 Å². The molecule has 1 aromatic rings. The van der Waals surface area contributed by atoms with Gasteiger partial charge in [0.05, 0.1) is 11.9 Å². The molecule has 4 N–H and O–H groups in total. The number of carbonyl (C=O) groups excluding carboxylic acids is 2. The Labute approximate surface area is 105 Å². The molecule has 18 heavy (non-hydrogen) atoms. The second kappa shape index (κ2) is 5.07. The fourth-order valence-electron chi connectivity index (χ4n) is 1.52. The van der Waals surface area contributed by atoms with Crippen LogP contribution in [0.4, 0.5) is 5.69 Å². The molecule has 1 saturated carbocycles. The lowest BCUT2D eigenvalue weighted by Crippen LogP contribution is -2.46. The summed E-state index contributed by atoms with van der Waals surface area (Å²) in [5, 5.41) is 9.35. The van der Waals surface area contributed by atoms with Gasteiger partial charge < -0.3 is 16.4 Å². The zero-order valence-electron chi connectivity index (χ0n) is 10.2. The summed E-state index contributed by atoms with van der Waals surface area (Å²) in [5.41, 5.74) is 5.99. The Balaban J connectivity index is 1.77. The van der Waals surface area contributed by atoms with E-state index >= 15 is 0 Å². The zero-order chi connectivity index (χ0) is 13.1. The third kappa shape index (κ3) is 3.47. The molecule has 7 nitrogen and oxygen atoms in total. The number of hydrogen-bond acceptors (Lipinski definition) is 4. The normalized spacial score (nSPS) is 16.1. The van der Waals surface area contributed by atoms with Crippen molar-refractivity contribution in [2.75, 3.05) is 5.73 Å². The standard InChI is InChI=1S/C11H17N5O2/c1-7(11(18)15-9-2-3-9)14-10(17)6-16-5-8(12)4-13-16/h4-5,7,9H,2-3,6,12H2,1H3,(H,14,17)(H,15,18). The van der Waals surface area contributed by atoms with Crippen molar-refractivity contribution in [3.63, 3.8) is 0 Å². The number of nitrogen functional groups attached to an aromatic ring is 1. The molecule has 0 aliphatic heterocycles. The maximum atomic E-state index is 11.6. The van der Waals surface area contributed by atoms with Crippen LogP contribution >= 0.6 is 0 Å². The predicted molar refractivity (Wildman–Crippen MR) is 65.4 cm³/mol. The highest BCUT2D eigenvalue weighted by Crippen LogP contribution is 2.18. The van der Waals surface area contributed by atoms with Crippen molar-refractivity contribution in [3.8, 4) is 0 Å². The quantitative estimate of drug-likeness (QED) is 0.640. The Morgan fingerprint density at radius 1 is 1.61 bits per heavy atom. The van der Waals surface area contributed by atoms with E-state index in [0.29, 0.717) is 11.7 Å². The first-order valence-corrected chi connectivity index (χ1v) is 5.92. The van der Waals surface area contributed by atoms with E-state index in [1.54, 1.807) is 13.1 Å². The van der Waals surface area contributed by atoms with E-state index in [1.165, 1.54) is 10.9 Å². The van der Waals surface area contributed by atoms with Crippen LogP contribution in [0, 0.1) is 0 Å². The molecule has 98 valence electrons. The van der Waals surface area contributed by atoms with Gasteiger partial charge in [-0.2, -0.15) is 5.10 Å². The van der Waals surface area contributed by atoms with Crippen molar-refractivity contribution in [3.05, 3.63) is 12.4 Å². The summed E-state index contributed by atoms with van der Waals surface area (Å²) >= 11 is 0. The number of rotatable bonds is 5. The molecule has 1 heterocycles. The topological polar surface area (TPSA) is 102 Å². The summed E-state index contributed by atoms with van der Waals surface area (Å²) in [6, 6.07) is -0.242. The minimum absolute atomic E-state index is 0.0538. The average molecular weight is 251 g/mol. The van der Waals surface area contributed by atoms with Crippen LogP contribution in [0.25, 0.3) is 0 Å². The van der Waals surface area contributed by atoms with Crippen molar-refractivity contribution in [1.82, 2.24) is 20.4 Å². The minimum atomic E-state index is -0.536. The highest BCUT2D eigenvalue weighted by Gasteiger charge is 2.26. The summed E-state index contributed by atoms with van der Waals surface area (Å²) < 4.78 is 1.43. The Hall–Kier alpha value is -2.05. The number of hydrogen-bond donors (Lipinski definition) is 3. The fourth-order valence-corrected chi connectivity index (χ4v) is 1.52. The van der Waals surface area contributed by atoms with Gasteiger partial charge in [-0.05, 0) is 19.8 Å². The van der Waals surface area contributed by atoms with E-state index in [1.807, 2.05) is 0 Å². The van der Waals surface area contributed by atoms with Crippen molar-refractivity contribution in [2.45, 2.75) is 38.4 Å². The Bertz CT molecular complexity index is 452. The molecule has 1 aliphatic rings. The number of nitrogens with two attached hydrogens (primary N) is 1. The van der Waals surface area contributed by atoms with Crippen LogP contribution < -0.4 is 16.4 Å². The van der Waals surface area contributed by atoms with Crippen LogP contribution in [0.5, 0.6) is 0 Å². The molecule has 1 atom stereocenters. The third-order valence-electron chi connectivity index (χ3n) is 2.65. The van der Waals surface area contributed by atoms with Crippen molar-refractivity contribution in [2.24, 2.45) is 0 Å². The molecule has 0 radical (unpaired) electrons. The van der Waals surface area contributed by atoms with E-state index in [0.717, 1.165) is 12.8 Å². The number of nitrogens with zero attached hydrogens (tertiary/aromatic N) is 2. The molecule has 0 aromatic carbocycles. The van der Waals surface area contributed by atoms with E-state index < -0.39 is 6.04 Å². The van der Waals surface area contributed by atoms with Crippen LogP contribution in [0.2, 0.25) is 0 Å². The molecule has 0 bridgehead atoms. The average Bonchev–Trinajstić information content (AvgIpc) is 3.01. The predicted octanol–water partition coefficient (Wildman–Crippen LogP) is -0.751. The second-order valence-electron chi connectivity index (χ2n) is 4.54. The highest BCUT2D eigenvalue weighted by atomic mass is 16.2. The van der Waals surface area contributed by atoms with Gasteiger partial charge in [0.2, 0.25) is 11.8 Å². The molecule has 7 heteroatoms. The van der Waals surface area contributed by atoms with Crippen molar-refractivity contribution >= 4 is 17.5 Å². The van der Waals surface area contributed by atoms with Gasteiger partial charge in [-0.1, -0.05) is 0 Å². The van der Waals surface area contributed by atoms with Crippen LogP contribution in [0.15, 0.2) is 12.4 Å². The molecule has 1 aromatic heterocycles. The van der Waals surface area contributed by atoms with Gasteiger partial charge in [0.15, 0.2) is 0 Å². The van der Waals surface area contributed by atoms with Gasteiger partial charge >= 0.3 is 0 Å². The number of amides is 2. The van der Waals surface area contributed by atoms with Gasteiger partial charge in [0, 0.05) is 12.2 Å². The smallest absolute Gasteiger partial charge is 0.242 e. The largest absolute Gasteiger partial charge is 0.396 e. The molecule has 0 spiro atoms. The van der Waals surface area contributed by atoms with Crippen LogP contribution in [0.1, 0.15) is 19.8 Å². The lowest BCUT2D eigenvalue weighted by Gasteiger charge is -2.13. The first-order valence-electron chi connectivity index (χ1n) is 5.92. The van der Waals surface area contributed by atoms with E-state index in [2.05, 4.69) is 15.7 Å². The molecule has 2 amide bonds. The lowest BCUT2D eigenvalue weighted by molar-refractivity contribution is -0.129. The second-order valence-corrected chi connectivity index (χ2v) is 4.54. The van der Waals surface area contributed by atoms with Crippen LogP contribution in [0.3, 0.4) is 0 Å². The summed E-state index contributed by atoms with van der Waals surface area (Å²) in [5.74, 6) is -0.414. The van der Waals surface area contributed by atoms with Crippen LogP contribution in [-0.2, 0) is 16.1 Å². The molecule has 1 fully saturated rings. The zero-order valence-corrected chi connectivity index (χ0v) is 10.2. The van der Waals surface area contributed by atoms with Gasteiger partial charge in [-0.15, -0.1) is 0 Å². The molecule has 2 rings (SSSR count). The molecular weight excluding hydrogens is 234 g/mol. The number of anilines is 1.